The monoisotopic (exact) mass is 362 g/mol. The number of rotatable bonds is 5. The molecule has 0 unspecified atom stereocenters. The number of aromatic nitrogens is 2. The van der Waals surface area contributed by atoms with Gasteiger partial charge < -0.3 is 10.6 Å². The molecule has 122 valence electrons. The van der Waals surface area contributed by atoms with E-state index >= 15 is 0 Å². The molecule has 0 aliphatic rings. The molecule has 24 heavy (non-hydrogen) atoms. The molecular formula is C17H13Cl2FN4. The molecule has 2 N–H and O–H groups in total. The second kappa shape index (κ2) is 7.47. The van der Waals surface area contributed by atoms with Crippen LogP contribution in [0.15, 0.2) is 54.9 Å². The van der Waals surface area contributed by atoms with Crippen LogP contribution in [0.2, 0.25) is 10.0 Å². The Hall–Kier alpha value is -2.37. The van der Waals surface area contributed by atoms with E-state index in [9.17, 15) is 4.39 Å². The third-order valence-corrected chi connectivity index (χ3v) is 3.66. The molecule has 1 heterocycles. The van der Waals surface area contributed by atoms with E-state index in [4.69, 9.17) is 23.2 Å². The number of nitrogens with one attached hydrogen (secondary N) is 2. The zero-order chi connectivity index (χ0) is 16.9. The first-order valence-electron chi connectivity index (χ1n) is 7.12. The molecule has 3 rings (SSSR count). The van der Waals surface area contributed by atoms with Crippen LogP contribution in [0.25, 0.3) is 0 Å². The van der Waals surface area contributed by atoms with Gasteiger partial charge in [-0.25, -0.2) is 14.4 Å². The van der Waals surface area contributed by atoms with Crippen LogP contribution in [-0.2, 0) is 6.54 Å². The van der Waals surface area contributed by atoms with Crippen LogP contribution >= 0.6 is 23.2 Å². The van der Waals surface area contributed by atoms with Crippen LogP contribution in [-0.4, -0.2) is 9.97 Å². The molecule has 4 nitrogen and oxygen atoms in total. The highest BCUT2D eigenvalue weighted by atomic mass is 35.5. The van der Waals surface area contributed by atoms with Crippen molar-refractivity contribution in [3.05, 3.63) is 76.3 Å². The number of hydrogen-bond donors (Lipinski definition) is 2. The van der Waals surface area contributed by atoms with Gasteiger partial charge in [0.15, 0.2) is 0 Å². The van der Waals surface area contributed by atoms with Crippen molar-refractivity contribution < 1.29 is 4.39 Å². The maximum absolute atomic E-state index is 13.6. The molecular weight excluding hydrogens is 350 g/mol. The van der Waals surface area contributed by atoms with E-state index in [0.29, 0.717) is 39.5 Å². The van der Waals surface area contributed by atoms with Crippen LogP contribution in [0.4, 0.5) is 21.7 Å². The van der Waals surface area contributed by atoms with Crippen molar-refractivity contribution in [1.82, 2.24) is 9.97 Å². The normalized spacial score (nSPS) is 10.5. The molecule has 7 heteroatoms. The van der Waals surface area contributed by atoms with E-state index in [1.54, 1.807) is 42.5 Å². The minimum Gasteiger partial charge on any atom is -0.366 e. The first-order chi connectivity index (χ1) is 11.6. The van der Waals surface area contributed by atoms with E-state index in [1.165, 1.54) is 12.4 Å². The summed E-state index contributed by atoms with van der Waals surface area (Å²) in [6.07, 6.45) is 1.41. The number of nitrogens with zero attached hydrogens (tertiary/aromatic N) is 2. The third-order valence-electron chi connectivity index (χ3n) is 3.22. The van der Waals surface area contributed by atoms with Gasteiger partial charge in [0, 0.05) is 33.9 Å². The largest absolute Gasteiger partial charge is 0.366 e. The summed E-state index contributed by atoms with van der Waals surface area (Å²) in [4.78, 5) is 8.27. The highest BCUT2D eigenvalue weighted by Gasteiger charge is 2.04. The lowest BCUT2D eigenvalue weighted by Crippen LogP contribution is -2.04. The number of anilines is 3. The molecule has 0 spiro atoms. The number of benzene rings is 2. The molecule has 0 bridgehead atoms. The molecule has 0 atom stereocenters. The molecule has 0 fully saturated rings. The Labute approximate surface area is 148 Å². The fraction of sp³-hybridized carbons (Fsp3) is 0.0588. The molecule has 0 saturated heterocycles. The summed E-state index contributed by atoms with van der Waals surface area (Å²) in [7, 11) is 0. The Kier molecular flexibility index (Phi) is 5.13. The highest BCUT2D eigenvalue weighted by Crippen LogP contribution is 2.25. The van der Waals surface area contributed by atoms with E-state index < -0.39 is 0 Å². The van der Waals surface area contributed by atoms with Crippen molar-refractivity contribution >= 4 is 40.5 Å². The van der Waals surface area contributed by atoms with Gasteiger partial charge in [0.1, 0.15) is 23.8 Å². The van der Waals surface area contributed by atoms with Crippen molar-refractivity contribution in [1.29, 1.82) is 0 Å². The van der Waals surface area contributed by atoms with Gasteiger partial charge in [0.25, 0.3) is 0 Å². The summed E-state index contributed by atoms with van der Waals surface area (Å²) in [5, 5.41) is 7.22. The predicted octanol–water partition coefficient (Wildman–Crippen LogP) is 5.28. The average Bonchev–Trinajstić information content (AvgIpc) is 2.53. The third kappa shape index (κ3) is 4.34. The van der Waals surface area contributed by atoms with Crippen molar-refractivity contribution in [2.45, 2.75) is 6.54 Å². The van der Waals surface area contributed by atoms with Crippen molar-refractivity contribution in [2.75, 3.05) is 10.6 Å². The van der Waals surface area contributed by atoms with Gasteiger partial charge in [0.2, 0.25) is 0 Å². The van der Waals surface area contributed by atoms with E-state index in [1.807, 2.05) is 0 Å². The summed E-state index contributed by atoms with van der Waals surface area (Å²) in [6, 6.07) is 13.4. The van der Waals surface area contributed by atoms with Crippen LogP contribution < -0.4 is 10.6 Å². The Bertz CT molecular complexity index is 837. The summed E-state index contributed by atoms with van der Waals surface area (Å²) in [5.74, 6) is 0.884. The molecule has 1 aromatic heterocycles. The average molecular weight is 363 g/mol. The van der Waals surface area contributed by atoms with Gasteiger partial charge in [0.05, 0.1) is 0 Å². The first kappa shape index (κ1) is 16.5. The van der Waals surface area contributed by atoms with Gasteiger partial charge in [-0.05, 0) is 24.3 Å². The van der Waals surface area contributed by atoms with Crippen LogP contribution in [0, 0.1) is 5.82 Å². The van der Waals surface area contributed by atoms with Crippen molar-refractivity contribution in [2.24, 2.45) is 0 Å². The molecule has 0 aliphatic carbocycles. The van der Waals surface area contributed by atoms with E-state index in [0.717, 1.165) is 0 Å². The Balaban J connectivity index is 1.71. The Morgan fingerprint density at radius 3 is 2.38 bits per heavy atom. The summed E-state index contributed by atoms with van der Waals surface area (Å²) in [5.41, 5.74) is 1.28. The van der Waals surface area contributed by atoms with E-state index in [2.05, 4.69) is 20.6 Å². The fourth-order valence-electron chi connectivity index (χ4n) is 2.12. The molecule has 0 aliphatic heterocycles. The quantitative estimate of drug-likeness (QED) is 0.648. The minimum absolute atomic E-state index is 0.258. The maximum atomic E-state index is 13.6. The lowest BCUT2D eigenvalue weighted by atomic mass is 10.2. The summed E-state index contributed by atoms with van der Waals surface area (Å²) in [6.45, 7) is 0.326. The van der Waals surface area contributed by atoms with Gasteiger partial charge in [-0.3, -0.25) is 0 Å². The lowest BCUT2D eigenvalue weighted by molar-refractivity contribution is 0.613. The maximum Gasteiger partial charge on any atom is 0.135 e. The molecule has 2 aromatic carbocycles. The molecule has 0 radical (unpaired) electrons. The minimum atomic E-state index is -0.258. The first-order valence-corrected chi connectivity index (χ1v) is 7.88. The lowest BCUT2D eigenvalue weighted by Gasteiger charge is -2.10. The van der Waals surface area contributed by atoms with Crippen LogP contribution in [0.1, 0.15) is 5.56 Å². The van der Waals surface area contributed by atoms with Gasteiger partial charge >= 0.3 is 0 Å². The smallest absolute Gasteiger partial charge is 0.135 e. The summed E-state index contributed by atoms with van der Waals surface area (Å²) >= 11 is 11.9. The van der Waals surface area contributed by atoms with Gasteiger partial charge in [-0.15, -0.1) is 0 Å². The molecule has 3 aromatic rings. The zero-order valence-corrected chi connectivity index (χ0v) is 13.9. The topological polar surface area (TPSA) is 49.8 Å². The van der Waals surface area contributed by atoms with Crippen LogP contribution in [0.5, 0.6) is 0 Å². The van der Waals surface area contributed by atoms with Crippen LogP contribution in [0.3, 0.4) is 0 Å². The number of halogens is 3. The molecule has 0 saturated carbocycles. The Morgan fingerprint density at radius 2 is 1.62 bits per heavy atom. The van der Waals surface area contributed by atoms with E-state index in [-0.39, 0.29) is 5.82 Å². The highest BCUT2D eigenvalue weighted by molar-refractivity contribution is 6.35. The fourth-order valence-corrected chi connectivity index (χ4v) is 2.65. The van der Waals surface area contributed by atoms with Gasteiger partial charge in [-0.1, -0.05) is 41.4 Å². The zero-order valence-electron chi connectivity index (χ0n) is 12.4. The number of hydrogen-bond acceptors (Lipinski definition) is 4. The second-order valence-electron chi connectivity index (χ2n) is 5.02. The molecule has 0 amide bonds. The van der Waals surface area contributed by atoms with Crippen molar-refractivity contribution in [3.8, 4) is 0 Å². The predicted molar refractivity (Wildman–Crippen MR) is 95.5 cm³/mol. The second-order valence-corrected chi connectivity index (χ2v) is 5.89. The SMILES string of the molecule is Fc1ccccc1CNc1cc(Nc2cc(Cl)cc(Cl)c2)ncn1. The standard InChI is InChI=1S/C17H13Cl2FN4/c18-12-5-13(19)7-14(6-12)24-17-8-16(22-10-23-17)21-9-11-3-1-2-4-15(11)20/h1-8,10H,9H2,(H2,21,22,23,24). The summed E-state index contributed by atoms with van der Waals surface area (Å²) < 4.78 is 13.6. The van der Waals surface area contributed by atoms with Gasteiger partial charge in [-0.2, -0.15) is 0 Å². The Morgan fingerprint density at radius 1 is 0.917 bits per heavy atom. The van der Waals surface area contributed by atoms with Crippen molar-refractivity contribution in [3.63, 3.8) is 0 Å².